The molecule has 0 aromatic carbocycles. The van der Waals surface area contributed by atoms with Crippen LogP contribution in [-0.2, 0) is 6.42 Å². The van der Waals surface area contributed by atoms with E-state index in [2.05, 4.69) is 27.5 Å². The molecule has 78 valence electrons. The first kappa shape index (κ1) is 10.3. The van der Waals surface area contributed by atoms with E-state index in [1.807, 2.05) is 0 Å². The Kier molecular flexibility index (Phi) is 3.42. The van der Waals surface area contributed by atoms with Gasteiger partial charge in [-0.1, -0.05) is 6.07 Å². The van der Waals surface area contributed by atoms with E-state index in [4.69, 9.17) is 5.73 Å². The van der Waals surface area contributed by atoms with Gasteiger partial charge in [-0.15, -0.1) is 11.3 Å². The maximum Gasteiger partial charge on any atom is 0.0753 e. The van der Waals surface area contributed by atoms with Crippen molar-refractivity contribution in [1.82, 2.24) is 9.97 Å². The zero-order valence-corrected chi connectivity index (χ0v) is 9.15. The highest BCUT2D eigenvalue weighted by Gasteiger charge is 2.07. The van der Waals surface area contributed by atoms with E-state index in [0.29, 0.717) is 0 Å². The highest BCUT2D eigenvalue weighted by atomic mass is 32.1. The SMILES string of the molecule is NC(CCc1cccs1)c1cnccn1. The molecule has 15 heavy (non-hydrogen) atoms. The number of hydrogen-bond acceptors (Lipinski definition) is 4. The van der Waals surface area contributed by atoms with Crippen molar-refractivity contribution in [3.63, 3.8) is 0 Å². The minimum Gasteiger partial charge on any atom is -0.323 e. The average Bonchev–Trinajstić information content (AvgIpc) is 2.80. The Balaban J connectivity index is 1.90. The summed E-state index contributed by atoms with van der Waals surface area (Å²) in [4.78, 5) is 9.58. The molecule has 0 aliphatic carbocycles. The largest absolute Gasteiger partial charge is 0.323 e. The van der Waals surface area contributed by atoms with Crippen molar-refractivity contribution in [2.75, 3.05) is 0 Å². The van der Waals surface area contributed by atoms with Crippen molar-refractivity contribution in [3.05, 3.63) is 46.7 Å². The highest BCUT2D eigenvalue weighted by molar-refractivity contribution is 7.09. The number of rotatable bonds is 4. The summed E-state index contributed by atoms with van der Waals surface area (Å²) >= 11 is 1.77. The number of nitrogens with two attached hydrogens (primary N) is 1. The van der Waals surface area contributed by atoms with Gasteiger partial charge in [-0.3, -0.25) is 9.97 Å². The molecule has 2 rings (SSSR count). The first-order valence-electron chi connectivity index (χ1n) is 4.90. The molecule has 2 heterocycles. The lowest BCUT2D eigenvalue weighted by molar-refractivity contribution is 0.633. The zero-order valence-electron chi connectivity index (χ0n) is 8.34. The molecule has 3 nitrogen and oxygen atoms in total. The number of hydrogen-bond donors (Lipinski definition) is 1. The molecule has 1 atom stereocenters. The highest BCUT2D eigenvalue weighted by Crippen LogP contribution is 2.16. The van der Waals surface area contributed by atoms with Crippen LogP contribution in [0.4, 0.5) is 0 Å². The van der Waals surface area contributed by atoms with Crippen LogP contribution in [0, 0.1) is 0 Å². The summed E-state index contributed by atoms with van der Waals surface area (Å²) in [6.07, 6.45) is 7.00. The van der Waals surface area contributed by atoms with Crippen LogP contribution in [-0.4, -0.2) is 9.97 Å². The van der Waals surface area contributed by atoms with Gasteiger partial charge < -0.3 is 5.73 Å². The normalized spacial score (nSPS) is 12.6. The Morgan fingerprint density at radius 2 is 2.33 bits per heavy atom. The fourth-order valence-electron chi connectivity index (χ4n) is 1.40. The Hall–Kier alpha value is -1.26. The quantitative estimate of drug-likeness (QED) is 0.857. The molecule has 0 saturated carbocycles. The Morgan fingerprint density at radius 1 is 1.40 bits per heavy atom. The molecule has 1 unspecified atom stereocenters. The van der Waals surface area contributed by atoms with Crippen molar-refractivity contribution in [2.24, 2.45) is 5.73 Å². The van der Waals surface area contributed by atoms with E-state index in [0.717, 1.165) is 18.5 Å². The summed E-state index contributed by atoms with van der Waals surface area (Å²) in [5, 5.41) is 2.09. The molecule has 0 fully saturated rings. The van der Waals surface area contributed by atoms with Gasteiger partial charge in [0.2, 0.25) is 0 Å². The van der Waals surface area contributed by atoms with E-state index in [1.54, 1.807) is 29.9 Å². The van der Waals surface area contributed by atoms with Gasteiger partial charge in [0.25, 0.3) is 0 Å². The maximum absolute atomic E-state index is 6.01. The number of aryl methyl sites for hydroxylation is 1. The summed E-state index contributed by atoms with van der Waals surface area (Å²) < 4.78 is 0. The molecule has 2 N–H and O–H groups in total. The van der Waals surface area contributed by atoms with Crippen molar-refractivity contribution in [1.29, 1.82) is 0 Å². The van der Waals surface area contributed by atoms with E-state index >= 15 is 0 Å². The number of thiophene rings is 1. The van der Waals surface area contributed by atoms with Gasteiger partial charge in [-0.25, -0.2) is 0 Å². The van der Waals surface area contributed by atoms with Gasteiger partial charge in [0.1, 0.15) is 0 Å². The summed E-state index contributed by atoms with van der Waals surface area (Å²) in [5.41, 5.74) is 6.88. The van der Waals surface area contributed by atoms with Crippen LogP contribution in [0.5, 0.6) is 0 Å². The van der Waals surface area contributed by atoms with Gasteiger partial charge in [-0.05, 0) is 24.3 Å². The predicted octanol–water partition coefficient (Wildman–Crippen LogP) is 2.17. The summed E-state index contributed by atoms with van der Waals surface area (Å²) in [7, 11) is 0. The Bertz CT molecular complexity index is 385. The smallest absolute Gasteiger partial charge is 0.0753 e. The third kappa shape index (κ3) is 2.84. The van der Waals surface area contributed by atoms with E-state index in [1.165, 1.54) is 4.88 Å². The van der Waals surface area contributed by atoms with Gasteiger partial charge in [0.05, 0.1) is 5.69 Å². The fraction of sp³-hybridized carbons (Fsp3) is 0.273. The molecular weight excluding hydrogens is 206 g/mol. The topological polar surface area (TPSA) is 51.8 Å². The number of nitrogens with zero attached hydrogens (tertiary/aromatic N) is 2. The van der Waals surface area contributed by atoms with Crippen LogP contribution in [0.2, 0.25) is 0 Å². The van der Waals surface area contributed by atoms with Crippen LogP contribution in [0.3, 0.4) is 0 Å². The molecule has 0 amide bonds. The lowest BCUT2D eigenvalue weighted by atomic mass is 10.1. The summed E-state index contributed by atoms with van der Waals surface area (Å²) in [6.45, 7) is 0. The van der Waals surface area contributed by atoms with Crippen molar-refractivity contribution in [2.45, 2.75) is 18.9 Å². The zero-order chi connectivity index (χ0) is 10.5. The predicted molar refractivity (Wildman–Crippen MR) is 61.6 cm³/mol. The third-order valence-corrected chi connectivity index (χ3v) is 3.18. The van der Waals surface area contributed by atoms with E-state index < -0.39 is 0 Å². The first-order chi connectivity index (χ1) is 7.36. The van der Waals surface area contributed by atoms with Crippen molar-refractivity contribution < 1.29 is 0 Å². The summed E-state index contributed by atoms with van der Waals surface area (Å²) in [6, 6.07) is 4.18. The summed E-state index contributed by atoms with van der Waals surface area (Å²) in [5.74, 6) is 0. The van der Waals surface area contributed by atoms with Gasteiger partial charge in [0, 0.05) is 29.5 Å². The van der Waals surface area contributed by atoms with Crippen LogP contribution in [0.25, 0.3) is 0 Å². The minimum absolute atomic E-state index is 0.0131. The molecule has 0 aliphatic rings. The maximum atomic E-state index is 6.01. The van der Waals surface area contributed by atoms with Gasteiger partial charge >= 0.3 is 0 Å². The first-order valence-corrected chi connectivity index (χ1v) is 5.78. The van der Waals surface area contributed by atoms with Crippen LogP contribution in [0.1, 0.15) is 23.0 Å². The second-order valence-corrected chi connectivity index (χ2v) is 4.39. The lowest BCUT2D eigenvalue weighted by Crippen LogP contribution is -2.12. The van der Waals surface area contributed by atoms with Crippen molar-refractivity contribution in [3.8, 4) is 0 Å². The van der Waals surface area contributed by atoms with Gasteiger partial charge in [-0.2, -0.15) is 0 Å². The molecule has 2 aromatic rings. The molecule has 0 bridgehead atoms. The standard InChI is InChI=1S/C11H13N3S/c12-10(11-8-13-5-6-14-11)4-3-9-2-1-7-15-9/h1-2,5-8,10H,3-4,12H2. The third-order valence-electron chi connectivity index (χ3n) is 2.24. The molecule has 0 radical (unpaired) electrons. The van der Waals surface area contributed by atoms with E-state index in [-0.39, 0.29) is 6.04 Å². The lowest BCUT2D eigenvalue weighted by Gasteiger charge is -2.08. The number of aromatic nitrogens is 2. The minimum atomic E-state index is -0.0131. The van der Waals surface area contributed by atoms with E-state index in [9.17, 15) is 0 Å². The van der Waals surface area contributed by atoms with Crippen LogP contribution < -0.4 is 5.73 Å². The molecule has 0 aliphatic heterocycles. The Labute approximate surface area is 93.0 Å². The van der Waals surface area contributed by atoms with Gasteiger partial charge in [0.15, 0.2) is 0 Å². The molecule has 0 spiro atoms. The molecule has 2 aromatic heterocycles. The second kappa shape index (κ2) is 5.00. The van der Waals surface area contributed by atoms with Crippen molar-refractivity contribution >= 4 is 11.3 Å². The van der Waals surface area contributed by atoms with Crippen LogP contribution in [0.15, 0.2) is 36.1 Å². The monoisotopic (exact) mass is 219 g/mol. The molecular formula is C11H13N3S. The average molecular weight is 219 g/mol. The molecule has 4 heteroatoms. The van der Waals surface area contributed by atoms with Crippen LogP contribution >= 0.6 is 11.3 Å². The second-order valence-electron chi connectivity index (χ2n) is 3.35. The molecule has 0 saturated heterocycles. The Morgan fingerprint density at radius 3 is 3.00 bits per heavy atom. The fourth-order valence-corrected chi connectivity index (χ4v) is 2.13.